The molecule has 0 aromatic carbocycles. The lowest BCUT2D eigenvalue weighted by Gasteiger charge is -2.32. The van der Waals surface area contributed by atoms with Crippen molar-refractivity contribution in [3.05, 3.63) is 17.3 Å². The van der Waals surface area contributed by atoms with Gasteiger partial charge >= 0.3 is 0 Å². The normalized spacial score (nSPS) is 13.5. The number of pyridine rings is 1. The standard InChI is InChI=1S/C16H23ClN6O/c1-4-5-6-16(3,9-20-10(2)24)23-14-13-12(21-15(18)22-14)7-11(17)8-19-13/h7-8H,4-6,9H2,1-3H3,(H,20,24)(H3,18,21,22,23)/t16-/m0/s1. The monoisotopic (exact) mass is 350 g/mol. The number of nitrogen functional groups attached to an aromatic ring is 1. The predicted octanol–water partition coefficient (Wildman–Crippen LogP) is 2.76. The lowest BCUT2D eigenvalue weighted by Crippen LogP contribution is -2.46. The molecule has 0 aliphatic rings. The number of rotatable bonds is 7. The molecular weight excluding hydrogens is 328 g/mol. The fourth-order valence-electron chi connectivity index (χ4n) is 2.47. The second-order valence-electron chi connectivity index (χ2n) is 6.15. The van der Waals surface area contributed by atoms with E-state index in [0.29, 0.717) is 28.4 Å². The van der Waals surface area contributed by atoms with Crippen molar-refractivity contribution in [2.45, 2.75) is 45.6 Å². The second-order valence-corrected chi connectivity index (χ2v) is 6.59. The number of fused-ring (bicyclic) bond motifs is 1. The van der Waals surface area contributed by atoms with Crippen molar-refractivity contribution >= 4 is 40.3 Å². The first kappa shape index (κ1) is 18.2. The van der Waals surface area contributed by atoms with Crippen LogP contribution in [0, 0.1) is 0 Å². The Morgan fingerprint density at radius 3 is 2.83 bits per heavy atom. The number of nitrogens with one attached hydrogen (secondary N) is 2. The molecule has 0 bridgehead atoms. The number of hydrogen-bond donors (Lipinski definition) is 3. The molecule has 0 fully saturated rings. The molecule has 2 rings (SSSR count). The van der Waals surface area contributed by atoms with Crippen LogP contribution in [0.2, 0.25) is 5.02 Å². The Balaban J connectivity index is 2.37. The average molecular weight is 351 g/mol. The number of unbranched alkanes of at least 4 members (excludes halogenated alkanes) is 1. The van der Waals surface area contributed by atoms with Crippen LogP contribution >= 0.6 is 11.6 Å². The van der Waals surface area contributed by atoms with Gasteiger partial charge in [-0.1, -0.05) is 31.4 Å². The van der Waals surface area contributed by atoms with E-state index >= 15 is 0 Å². The molecule has 24 heavy (non-hydrogen) atoms. The number of halogens is 1. The molecule has 8 heteroatoms. The minimum Gasteiger partial charge on any atom is -0.368 e. The van der Waals surface area contributed by atoms with Crippen molar-refractivity contribution < 1.29 is 4.79 Å². The molecule has 2 heterocycles. The van der Waals surface area contributed by atoms with E-state index < -0.39 is 0 Å². The minimum atomic E-state index is -0.378. The van der Waals surface area contributed by atoms with Gasteiger partial charge in [-0.2, -0.15) is 4.98 Å². The number of hydrogen-bond acceptors (Lipinski definition) is 6. The van der Waals surface area contributed by atoms with Gasteiger partial charge in [-0.15, -0.1) is 0 Å². The highest BCUT2D eigenvalue weighted by molar-refractivity contribution is 6.31. The molecule has 130 valence electrons. The van der Waals surface area contributed by atoms with Crippen LogP contribution in [0.15, 0.2) is 12.3 Å². The molecule has 0 saturated carbocycles. The van der Waals surface area contributed by atoms with E-state index in [0.717, 1.165) is 19.3 Å². The highest BCUT2D eigenvalue weighted by atomic mass is 35.5. The number of anilines is 2. The van der Waals surface area contributed by atoms with Gasteiger partial charge in [0.2, 0.25) is 11.9 Å². The topological polar surface area (TPSA) is 106 Å². The number of aromatic nitrogens is 3. The molecule has 0 saturated heterocycles. The summed E-state index contributed by atoms with van der Waals surface area (Å²) < 4.78 is 0. The third-order valence-electron chi connectivity index (χ3n) is 3.75. The van der Waals surface area contributed by atoms with Crippen molar-refractivity contribution in [2.75, 3.05) is 17.6 Å². The van der Waals surface area contributed by atoms with Crippen LogP contribution in [-0.2, 0) is 4.79 Å². The summed E-state index contributed by atoms with van der Waals surface area (Å²) in [5, 5.41) is 6.75. The molecule has 0 radical (unpaired) electrons. The number of carbonyl (C=O) groups is 1. The van der Waals surface area contributed by atoms with Gasteiger partial charge in [-0.25, -0.2) is 9.97 Å². The van der Waals surface area contributed by atoms with Gasteiger partial charge in [0.05, 0.1) is 16.1 Å². The van der Waals surface area contributed by atoms with E-state index in [1.807, 2.05) is 6.92 Å². The average Bonchev–Trinajstić information content (AvgIpc) is 2.50. The maximum Gasteiger partial charge on any atom is 0.222 e. The number of nitrogens with zero attached hydrogens (tertiary/aromatic N) is 3. The van der Waals surface area contributed by atoms with E-state index in [1.54, 1.807) is 12.3 Å². The van der Waals surface area contributed by atoms with Crippen molar-refractivity contribution in [2.24, 2.45) is 0 Å². The highest BCUT2D eigenvalue weighted by Gasteiger charge is 2.26. The van der Waals surface area contributed by atoms with Gasteiger partial charge in [0.25, 0.3) is 0 Å². The Bertz CT molecular complexity index is 733. The summed E-state index contributed by atoms with van der Waals surface area (Å²) in [4.78, 5) is 24.1. The Labute approximate surface area is 146 Å². The number of carbonyl (C=O) groups excluding carboxylic acids is 1. The van der Waals surface area contributed by atoms with Crippen LogP contribution in [0.5, 0.6) is 0 Å². The van der Waals surface area contributed by atoms with Crippen LogP contribution in [-0.4, -0.2) is 32.9 Å². The van der Waals surface area contributed by atoms with Gasteiger partial charge in [-0.3, -0.25) is 4.79 Å². The second kappa shape index (κ2) is 7.61. The van der Waals surface area contributed by atoms with E-state index in [2.05, 4.69) is 32.5 Å². The minimum absolute atomic E-state index is 0.0727. The number of amides is 1. The Morgan fingerprint density at radius 2 is 2.17 bits per heavy atom. The summed E-state index contributed by atoms with van der Waals surface area (Å²) in [5.41, 5.74) is 6.61. The first-order chi connectivity index (χ1) is 11.3. The first-order valence-electron chi connectivity index (χ1n) is 7.94. The lowest BCUT2D eigenvalue weighted by molar-refractivity contribution is -0.119. The summed E-state index contributed by atoms with van der Waals surface area (Å²) in [6, 6.07) is 1.70. The quantitative estimate of drug-likeness (QED) is 0.709. The zero-order chi connectivity index (χ0) is 17.7. The molecule has 1 amide bonds. The Morgan fingerprint density at radius 1 is 1.42 bits per heavy atom. The van der Waals surface area contributed by atoms with Crippen LogP contribution in [0.25, 0.3) is 11.0 Å². The van der Waals surface area contributed by atoms with Crippen molar-refractivity contribution in [1.82, 2.24) is 20.3 Å². The molecule has 1 atom stereocenters. The van der Waals surface area contributed by atoms with Crippen molar-refractivity contribution in [3.8, 4) is 0 Å². The fourth-order valence-corrected chi connectivity index (χ4v) is 2.62. The largest absolute Gasteiger partial charge is 0.368 e. The van der Waals surface area contributed by atoms with Gasteiger partial charge in [0.15, 0.2) is 5.82 Å². The summed E-state index contributed by atoms with van der Waals surface area (Å²) in [5.74, 6) is 0.612. The maximum absolute atomic E-state index is 11.3. The summed E-state index contributed by atoms with van der Waals surface area (Å²) in [6.45, 7) is 6.14. The highest BCUT2D eigenvalue weighted by Crippen LogP contribution is 2.26. The zero-order valence-corrected chi connectivity index (χ0v) is 14.9. The predicted molar refractivity (Wildman–Crippen MR) is 97.0 cm³/mol. The third-order valence-corrected chi connectivity index (χ3v) is 3.96. The number of nitrogens with two attached hydrogens (primary N) is 1. The van der Waals surface area contributed by atoms with Crippen molar-refractivity contribution in [1.29, 1.82) is 0 Å². The summed E-state index contributed by atoms with van der Waals surface area (Å²) >= 11 is 5.98. The van der Waals surface area contributed by atoms with E-state index in [1.165, 1.54) is 6.92 Å². The van der Waals surface area contributed by atoms with E-state index in [-0.39, 0.29) is 17.4 Å². The third kappa shape index (κ3) is 4.67. The molecule has 7 nitrogen and oxygen atoms in total. The lowest BCUT2D eigenvalue weighted by atomic mass is 9.94. The SMILES string of the molecule is CCCC[C@@](C)(CNC(C)=O)Nc1nc(N)nc2cc(Cl)cnc12. The Hall–Kier alpha value is -2.15. The maximum atomic E-state index is 11.3. The zero-order valence-electron chi connectivity index (χ0n) is 14.2. The van der Waals surface area contributed by atoms with Gasteiger partial charge in [0.1, 0.15) is 5.52 Å². The van der Waals surface area contributed by atoms with Gasteiger partial charge in [0, 0.05) is 19.7 Å². The molecule has 0 unspecified atom stereocenters. The van der Waals surface area contributed by atoms with E-state index in [9.17, 15) is 4.79 Å². The molecule has 4 N–H and O–H groups in total. The molecular formula is C16H23ClN6O. The summed E-state index contributed by atoms with van der Waals surface area (Å²) in [6.07, 6.45) is 4.48. The van der Waals surface area contributed by atoms with E-state index in [4.69, 9.17) is 17.3 Å². The molecule has 0 aliphatic heterocycles. The van der Waals surface area contributed by atoms with Crippen LogP contribution in [0.1, 0.15) is 40.0 Å². The van der Waals surface area contributed by atoms with Crippen LogP contribution in [0.3, 0.4) is 0 Å². The molecule has 0 spiro atoms. The Kier molecular flexibility index (Phi) is 5.77. The summed E-state index contributed by atoms with van der Waals surface area (Å²) in [7, 11) is 0. The van der Waals surface area contributed by atoms with Crippen LogP contribution < -0.4 is 16.4 Å². The first-order valence-corrected chi connectivity index (χ1v) is 8.32. The molecule has 2 aromatic rings. The van der Waals surface area contributed by atoms with Crippen LogP contribution in [0.4, 0.5) is 11.8 Å². The molecule has 2 aromatic heterocycles. The van der Waals surface area contributed by atoms with Gasteiger partial charge < -0.3 is 16.4 Å². The smallest absolute Gasteiger partial charge is 0.222 e. The van der Waals surface area contributed by atoms with Gasteiger partial charge in [-0.05, 0) is 19.4 Å². The fraction of sp³-hybridized carbons (Fsp3) is 0.500. The molecule has 0 aliphatic carbocycles. The van der Waals surface area contributed by atoms with Crippen molar-refractivity contribution in [3.63, 3.8) is 0 Å².